The Labute approximate surface area is 155 Å². The summed E-state index contributed by atoms with van der Waals surface area (Å²) in [5, 5.41) is 0. The van der Waals surface area contributed by atoms with E-state index in [1.807, 2.05) is 0 Å². The zero-order valence-electron chi connectivity index (χ0n) is 13.8. The molecule has 0 aliphatic rings. The first-order chi connectivity index (χ1) is 12.8. The summed E-state index contributed by atoms with van der Waals surface area (Å²) < 4.78 is 228. The third-order valence-electron chi connectivity index (χ3n) is 3.47. The zero-order chi connectivity index (χ0) is 25.0. The molecule has 2 nitrogen and oxygen atoms in total. The minimum atomic E-state index is -8.64. The summed E-state index contributed by atoms with van der Waals surface area (Å²) in [5.41, 5.74) is -6.60. The Morgan fingerprint density at radius 1 is 0.400 bits per heavy atom. The van der Waals surface area contributed by atoms with Crippen molar-refractivity contribution in [3.63, 3.8) is 0 Å². The molecule has 0 bridgehead atoms. The van der Waals surface area contributed by atoms with Gasteiger partial charge >= 0.3 is 56.5 Å². The van der Waals surface area contributed by atoms with Crippen molar-refractivity contribution in [1.82, 2.24) is 0 Å². The SMILES string of the molecule is CO[SiH](OC)C(F)(F)C(F)(F)C(F)(F)C(F)(F)C(F)(F)C(F)(F)C(F)(F)C(F)(F)F. The Bertz CT molecular complexity index is 608. The number of hydrogen-bond donors (Lipinski definition) is 0. The lowest BCUT2D eigenvalue weighted by Gasteiger charge is -2.43. The topological polar surface area (TPSA) is 18.5 Å². The second-order valence-corrected chi connectivity index (χ2v) is 7.70. The van der Waals surface area contributed by atoms with E-state index in [1.165, 1.54) is 0 Å². The lowest BCUT2D eigenvalue weighted by molar-refractivity contribution is -0.459. The predicted octanol–water partition coefficient (Wildman–Crippen LogP) is 5.05. The van der Waals surface area contributed by atoms with E-state index in [9.17, 15) is 74.6 Å². The molecule has 0 saturated carbocycles. The fraction of sp³-hybridized carbons (Fsp3) is 1.00. The molecule has 0 rings (SSSR count). The fourth-order valence-corrected chi connectivity index (χ4v) is 2.98. The highest BCUT2D eigenvalue weighted by atomic mass is 28.3. The Morgan fingerprint density at radius 3 is 0.867 bits per heavy atom. The minimum absolute atomic E-state index is 0.0767. The van der Waals surface area contributed by atoms with Crippen molar-refractivity contribution in [3.8, 4) is 0 Å². The number of hydrogen-bond acceptors (Lipinski definition) is 2. The van der Waals surface area contributed by atoms with Gasteiger partial charge in [-0.25, -0.2) is 0 Å². The molecule has 0 amide bonds. The molecule has 0 aliphatic heterocycles. The van der Waals surface area contributed by atoms with Crippen molar-refractivity contribution in [2.24, 2.45) is 0 Å². The first-order valence-corrected chi connectivity index (χ1v) is 8.06. The molecular formula is C10H7F17O2Si. The monoisotopic (exact) mass is 510 g/mol. The maximum atomic E-state index is 13.5. The molecule has 182 valence electrons. The number of halogens is 17. The third kappa shape index (κ3) is 3.50. The normalized spacial score (nSPS) is 16.4. The standard InChI is InChI=1S/C10H7F17O2Si/c1-28-30(29-2)10(26,27)8(21,22)6(17,18)4(13,14)3(11,12)5(15,16)7(19,20)9(23,24)25/h30H,1-2H3. The molecule has 0 aromatic carbocycles. The first-order valence-electron chi connectivity index (χ1n) is 6.54. The van der Waals surface area contributed by atoms with Crippen LogP contribution in [0.15, 0.2) is 0 Å². The van der Waals surface area contributed by atoms with E-state index in [1.54, 1.807) is 0 Å². The molecule has 0 N–H and O–H groups in total. The Kier molecular flexibility index (Phi) is 7.26. The molecule has 0 heterocycles. The number of alkyl halides is 17. The van der Waals surface area contributed by atoms with Crippen LogP contribution in [0.2, 0.25) is 0 Å². The second kappa shape index (κ2) is 7.52. The van der Waals surface area contributed by atoms with Crippen molar-refractivity contribution in [3.05, 3.63) is 0 Å². The highest BCUT2D eigenvalue weighted by Gasteiger charge is 2.95. The molecule has 0 fully saturated rings. The first kappa shape index (κ1) is 28.9. The van der Waals surface area contributed by atoms with Crippen LogP contribution >= 0.6 is 0 Å². The van der Waals surface area contributed by atoms with Crippen LogP contribution in [0, 0.1) is 0 Å². The Hall–Kier alpha value is -1.05. The third-order valence-corrected chi connectivity index (χ3v) is 5.28. The Morgan fingerprint density at radius 2 is 0.633 bits per heavy atom. The van der Waals surface area contributed by atoms with Crippen LogP contribution in [0.5, 0.6) is 0 Å². The van der Waals surface area contributed by atoms with Crippen molar-refractivity contribution in [2.45, 2.75) is 47.3 Å². The van der Waals surface area contributed by atoms with Crippen LogP contribution in [-0.2, 0) is 8.85 Å². The maximum absolute atomic E-state index is 13.5. The summed E-state index contributed by atoms with van der Waals surface area (Å²) in [6.45, 7) is 0. The summed E-state index contributed by atoms with van der Waals surface area (Å²) >= 11 is 0. The highest BCUT2D eigenvalue weighted by Crippen LogP contribution is 2.64. The van der Waals surface area contributed by atoms with Crippen molar-refractivity contribution in [2.75, 3.05) is 14.2 Å². The van der Waals surface area contributed by atoms with Crippen LogP contribution in [0.4, 0.5) is 74.6 Å². The average Bonchev–Trinajstić information content (AvgIpc) is 2.53. The molecule has 0 atom stereocenters. The summed E-state index contributed by atoms with van der Waals surface area (Å²) in [6, 6.07) is 0. The van der Waals surface area contributed by atoms with Crippen molar-refractivity contribution >= 4 is 9.28 Å². The van der Waals surface area contributed by atoms with Gasteiger partial charge in [-0.05, 0) is 0 Å². The van der Waals surface area contributed by atoms with Gasteiger partial charge in [0.2, 0.25) is 0 Å². The summed E-state index contributed by atoms with van der Waals surface area (Å²) in [7, 11) is -5.36. The van der Waals surface area contributed by atoms with Crippen molar-refractivity contribution < 1.29 is 83.5 Å². The van der Waals surface area contributed by atoms with Gasteiger partial charge in [0.15, 0.2) is 0 Å². The quantitative estimate of drug-likeness (QED) is 0.320. The van der Waals surface area contributed by atoms with E-state index in [0.717, 1.165) is 0 Å². The predicted molar refractivity (Wildman–Crippen MR) is 61.9 cm³/mol. The van der Waals surface area contributed by atoms with Crippen LogP contribution in [0.1, 0.15) is 0 Å². The van der Waals surface area contributed by atoms with E-state index in [0.29, 0.717) is 0 Å². The van der Waals surface area contributed by atoms with Gasteiger partial charge in [0.25, 0.3) is 0 Å². The summed E-state index contributed by atoms with van der Waals surface area (Å²) in [5.74, 6) is -50.0. The number of rotatable bonds is 9. The van der Waals surface area contributed by atoms with Gasteiger partial charge in [0.05, 0.1) is 0 Å². The van der Waals surface area contributed by atoms with Crippen LogP contribution in [0.3, 0.4) is 0 Å². The highest BCUT2D eigenvalue weighted by molar-refractivity contribution is 6.48. The van der Waals surface area contributed by atoms with Gasteiger partial charge in [-0.15, -0.1) is 0 Å². The minimum Gasteiger partial charge on any atom is -0.396 e. The Balaban J connectivity index is 6.77. The van der Waals surface area contributed by atoms with Crippen molar-refractivity contribution in [1.29, 1.82) is 0 Å². The molecule has 0 aromatic heterocycles. The largest absolute Gasteiger partial charge is 0.460 e. The van der Waals surface area contributed by atoms with Crippen LogP contribution in [-0.4, -0.2) is 70.8 Å². The molecule has 0 unspecified atom stereocenters. The maximum Gasteiger partial charge on any atom is 0.460 e. The van der Waals surface area contributed by atoms with Gasteiger partial charge in [0, 0.05) is 14.2 Å². The molecule has 0 saturated heterocycles. The molecule has 20 heteroatoms. The molecule has 0 aromatic rings. The molecule has 30 heavy (non-hydrogen) atoms. The van der Waals surface area contributed by atoms with Gasteiger partial charge in [0.1, 0.15) is 0 Å². The van der Waals surface area contributed by atoms with Gasteiger partial charge in [-0.3, -0.25) is 0 Å². The zero-order valence-corrected chi connectivity index (χ0v) is 15.0. The van der Waals surface area contributed by atoms with E-state index in [-0.39, 0.29) is 14.2 Å². The fourth-order valence-electron chi connectivity index (χ4n) is 1.72. The van der Waals surface area contributed by atoms with E-state index in [4.69, 9.17) is 0 Å². The average molecular weight is 510 g/mol. The molecule has 0 spiro atoms. The van der Waals surface area contributed by atoms with Gasteiger partial charge < -0.3 is 8.85 Å². The lowest BCUT2D eigenvalue weighted by Crippen LogP contribution is -2.75. The molecule has 0 aliphatic carbocycles. The van der Waals surface area contributed by atoms with E-state index >= 15 is 0 Å². The van der Waals surface area contributed by atoms with E-state index in [2.05, 4.69) is 8.85 Å². The van der Waals surface area contributed by atoms with Gasteiger partial charge in [-0.1, -0.05) is 0 Å². The van der Waals surface area contributed by atoms with Crippen LogP contribution < -0.4 is 0 Å². The second-order valence-electron chi connectivity index (χ2n) is 5.37. The molecular weight excluding hydrogens is 503 g/mol. The lowest BCUT2D eigenvalue weighted by atomic mass is 9.91. The van der Waals surface area contributed by atoms with Crippen LogP contribution in [0.25, 0.3) is 0 Å². The van der Waals surface area contributed by atoms with Gasteiger partial charge in [-0.2, -0.15) is 74.6 Å². The molecule has 0 radical (unpaired) electrons. The summed E-state index contributed by atoms with van der Waals surface area (Å²) in [4.78, 5) is 0. The smallest absolute Gasteiger partial charge is 0.396 e. The van der Waals surface area contributed by atoms with E-state index < -0.39 is 56.5 Å². The summed E-state index contributed by atoms with van der Waals surface area (Å²) in [6.07, 6.45) is -7.78.